The number of amides is 1. The lowest BCUT2D eigenvalue weighted by Crippen LogP contribution is -2.63. The summed E-state index contributed by atoms with van der Waals surface area (Å²) in [6.07, 6.45) is 0.996. The monoisotopic (exact) mass is 539 g/mol. The van der Waals surface area contributed by atoms with Gasteiger partial charge in [-0.2, -0.15) is 9.97 Å². The van der Waals surface area contributed by atoms with Gasteiger partial charge in [0.2, 0.25) is 29.6 Å². The molecule has 11 nitrogen and oxygen atoms in total. The van der Waals surface area contributed by atoms with Gasteiger partial charge < -0.3 is 29.2 Å². The van der Waals surface area contributed by atoms with E-state index in [0.717, 1.165) is 26.2 Å². The average molecular weight is 540 g/mol. The van der Waals surface area contributed by atoms with E-state index in [9.17, 15) is 9.59 Å². The number of benzene rings is 1. The van der Waals surface area contributed by atoms with E-state index in [4.69, 9.17) is 18.9 Å². The van der Waals surface area contributed by atoms with Crippen LogP contribution in [0.2, 0.25) is 19.6 Å². The highest BCUT2D eigenvalue weighted by Crippen LogP contribution is 2.35. The number of rotatable bonds is 9. The Hall–Kier alpha value is -3.64. The Morgan fingerprint density at radius 2 is 1.79 bits per heavy atom. The van der Waals surface area contributed by atoms with Crippen LogP contribution < -0.4 is 29.6 Å². The van der Waals surface area contributed by atoms with Crippen LogP contribution in [0, 0.1) is 0 Å². The number of likely N-dealkylation sites (tertiary alicyclic amines) is 1. The van der Waals surface area contributed by atoms with Gasteiger partial charge in [0, 0.05) is 19.1 Å². The number of carbonyl (C=O) groups excluding carboxylic acids is 2. The zero-order chi connectivity index (χ0) is 27.0. The second-order valence-corrected chi connectivity index (χ2v) is 15.7. The van der Waals surface area contributed by atoms with Crippen molar-refractivity contribution in [3.05, 3.63) is 36.3 Å². The quantitative estimate of drug-likeness (QED) is 0.373. The molecular formula is C26H33N5O6Si. The van der Waals surface area contributed by atoms with Crippen LogP contribution in [-0.2, 0) is 14.3 Å². The fourth-order valence-corrected chi connectivity index (χ4v) is 5.65. The van der Waals surface area contributed by atoms with Gasteiger partial charge in [0.25, 0.3) is 11.9 Å². The average Bonchev–Trinajstić information content (AvgIpc) is 3.19. The third-order valence-corrected chi connectivity index (χ3v) is 8.97. The van der Waals surface area contributed by atoms with Crippen molar-refractivity contribution in [3.63, 3.8) is 0 Å². The summed E-state index contributed by atoms with van der Waals surface area (Å²) in [4.78, 5) is 39.1. The second-order valence-electron chi connectivity index (χ2n) is 10.6. The Morgan fingerprint density at radius 1 is 1.11 bits per heavy atom. The molecule has 0 radical (unpaired) electrons. The summed E-state index contributed by atoms with van der Waals surface area (Å²) in [5.74, 6) is -0.0270. The van der Waals surface area contributed by atoms with Gasteiger partial charge in [-0.25, -0.2) is 0 Å². The Bertz CT molecular complexity index is 1240. The van der Waals surface area contributed by atoms with Crippen molar-refractivity contribution in [2.24, 2.45) is 0 Å². The summed E-state index contributed by atoms with van der Waals surface area (Å²) in [6, 6.07) is 8.18. The summed E-state index contributed by atoms with van der Waals surface area (Å²) in [5, 5.41) is 3.84. The number of hydrogen-bond acceptors (Lipinski definition) is 10. The molecule has 1 amide bonds. The van der Waals surface area contributed by atoms with E-state index >= 15 is 0 Å². The van der Waals surface area contributed by atoms with Gasteiger partial charge in [0.05, 0.1) is 28.4 Å². The standard InChI is InChI=1S/C26H33N5O6Si/c1-34-24-21(25(35-2)29-26(28-24)31-14-16(15-31)30-10-7-11-30)27-23(33)22-19(32)13-20(37-22)36-17-8-6-9-18(12-17)38(3,4)5/h6,8-9,12-13,16,22H,7,10-11,14-15H2,1-5H3,(H,27,33). The zero-order valence-electron chi connectivity index (χ0n) is 22.3. The lowest BCUT2D eigenvalue weighted by Gasteiger charge is -2.48. The maximum absolute atomic E-state index is 13.1. The van der Waals surface area contributed by atoms with Crippen molar-refractivity contribution in [2.75, 3.05) is 50.6 Å². The minimum Gasteiger partial charge on any atom is -0.479 e. The molecule has 5 rings (SSSR count). The van der Waals surface area contributed by atoms with Gasteiger partial charge in [-0.3, -0.25) is 14.5 Å². The van der Waals surface area contributed by atoms with Crippen LogP contribution in [0.4, 0.5) is 11.6 Å². The first-order valence-corrected chi connectivity index (χ1v) is 16.2. The molecule has 0 saturated carbocycles. The molecule has 1 atom stereocenters. The predicted octanol–water partition coefficient (Wildman–Crippen LogP) is 1.76. The van der Waals surface area contributed by atoms with Crippen LogP contribution in [-0.4, -0.2) is 87.2 Å². The predicted molar refractivity (Wildman–Crippen MR) is 144 cm³/mol. The van der Waals surface area contributed by atoms with E-state index in [0.29, 0.717) is 17.7 Å². The van der Waals surface area contributed by atoms with Crippen LogP contribution in [0.3, 0.4) is 0 Å². The zero-order valence-corrected chi connectivity index (χ0v) is 23.3. The van der Waals surface area contributed by atoms with Gasteiger partial charge in [0.1, 0.15) is 5.75 Å². The summed E-state index contributed by atoms with van der Waals surface area (Å²) in [5.41, 5.74) is 0.122. The molecule has 2 aromatic rings. The van der Waals surface area contributed by atoms with Gasteiger partial charge in [0.15, 0.2) is 5.69 Å². The number of methoxy groups -OCH3 is 2. The van der Waals surface area contributed by atoms with Gasteiger partial charge >= 0.3 is 0 Å². The molecule has 1 N–H and O–H groups in total. The molecule has 2 fully saturated rings. The maximum atomic E-state index is 13.1. The molecular weight excluding hydrogens is 506 g/mol. The van der Waals surface area contributed by atoms with Crippen LogP contribution >= 0.6 is 0 Å². The molecule has 0 spiro atoms. The molecule has 1 aromatic carbocycles. The minimum absolute atomic E-state index is 0.0389. The molecule has 1 unspecified atom stereocenters. The molecule has 1 aromatic heterocycles. The van der Waals surface area contributed by atoms with E-state index in [1.165, 1.54) is 31.9 Å². The lowest BCUT2D eigenvalue weighted by molar-refractivity contribution is -0.134. The molecule has 2 saturated heterocycles. The third-order valence-electron chi connectivity index (χ3n) is 6.93. The Morgan fingerprint density at radius 3 is 2.37 bits per heavy atom. The van der Waals surface area contributed by atoms with Crippen LogP contribution in [0.5, 0.6) is 17.5 Å². The summed E-state index contributed by atoms with van der Waals surface area (Å²) in [7, 11) is 1.33. The fraction of sp³-hybridized carbons (Fsp3) is 0.462. The van der Waals surface area contributed by atoms with Gasteiger partial charge in [-0.15, -0.1) is 0 Å². The first-order valence-electron chi connectivity index (χ1n) is 12.7. The number of nitrogens with one attached hydrogen (secondary N) is 1. The second kappa shape index (κ2) is 10.3. The number of ketones is 1. The Balaban J connectivity index is 1.25. The van der Waals surface area contributed by atoms with E-state index in [1.54, 1.807) is 6.07 Å². The number of anilines is 2. The summed E-state index contributed by atoms with van der Waals surface area (Å²) < 4.78 is 22.2. The SMILES string of the molecule is COc1nc(N2CC(N3CCC3)C2)nc(OC)c1NC(=O)C1OC(Oc2cccc([Si](C)(C)C)c2)=CC1=O. The van der Waals surface area contributed by atoms with Crippen molar-refractivity contribution < 1.29 is 28.5 Å². The van der Waals surface area contributed by atoms with Crippen molar-refractivity contribution >= 4 is 36.6 Å². The number of ether oxygens (including phenoxy) is 4. The molecule has 202 valence electrons. The number of carbonyl (C=O) groups is 2. The summed E-state index contributed by atoms with van der Waals surface area (Å²) in [6.45, 7) is 10.6. The lowest BCUT2D eigenvalue weighted by atomic mass is 10.0. The van der Waals surface area contributed by atoms with Gasteiger partial charge in [-0.05, 0) is 31.6 Å². The van der Waals surface area contributed by atoms with Crippen molar-refractivity contribution in [1.29, 1.82) is 0 Å². The van der Waals surface area contributed by atoms with E-state index < -0.39 is 25.9 Å². The van der Waals surface area contributed by atoms with Crippen LogP contribution in [0.15, 0.2) is 36.3 Å². The highest BCUT2D eigenvalue weighted by molar-refractivity contribution is 6.88. The highest BCUT2D eigenvalue weighted by Gasteiger charge is 2.38. The van der Waals surface area contributed by atoms with Crippen molar-refractivity contribution in [1.82, 2.24) is 14.9 Å². The van der Waals surface area contributed by atoms with Crippen LogP contribution in [0.1, 0.15) is 6.42 Å². The summed E-state index contributed by atoms with van der Waals surface area (Å²) >= 11 is 0. The maximum Gasteiger partial charge on any atom is 0.289 e. The molecule has 3 aliphatic heterocycles. The molecule has 38 heavy (non-hydrogen) atoms. The normalized spacial score (nSPS) is 19.7. The fourth-order valence-electron chi connectivity index (χ4n) is 4.48. The third kappa shape index (κ3) is 5.18. The highest BCUT2D eigenvalue weighted by atomic mass is 28.3. The van der Waals surface area contributed by atoms with Gasteiger partial charge in [-0.1, -0.05) is 37.0 Å². The molecule has 0 aliphatic carbocycles. The smallest absolute Gasteiger partial charge is 0.289 e. The van der Waals surface area contributed by atoms with Crippen molar-refractivity contribution in [2.45, 2.75) is 38.2 Å². The first kappa shape index (κ1) is 26.0. The van der Waals surface area contributed by atoms with Crippen molar-refractivity contribution in [3.8, 4) is 17.5 Å². The van der Waals surface area contributed by atoms with E-state index in [-0.39, 0.29) is 23.4 Å². The van der Waals surface area contributed by atoms with E-state index in [1.807, 2.05) is 17.0 Å². The number of aromatic nitrogens is 2. The molecule has 3 aliphatic rings. The number of nitrogens with zero attached hydrogens (tertiary/aromatic N) is 4. The minimum atomic E-state index is -1.56. The largest absolute Gasteiger partial charge is 0.479 e. The van der Waals surface area contributed by atoms with Crippen LogP contribution in [0.25, 0.3) is 0 Å². The molecule has 0 bridgehead atoms. The van der Waals surface area contributed by atoms with E-state index in [2.05, 4.69) is 45.9 Å². The molecule has 12 heteroatoms. The topological polar surface area (TPSA) is 115 Å². The number of hydrogen-bond donors (Lipinski definition) is 1. The first-order chi connectivity index (χ1) is 18.2. The Labute approximate surface area is 222 Å². The Kier molecular flexibility index (Phi) is 7.01. The molecule has 4 heterocycles.